The van der Waals surface area contributed by atoms with Crippen LogP contribution < -0.4 is 14.9 Å². The number of nitrogens with one attached hydrogen (secondary N) is 1. The molecule has 0 saturated carbocycles. The Morgan fingerprint density at radius 3 is 2.82 bits per heavy atom. The fourth-order valence-corrected chi connectivity index (χ4v) is 2.80. The number of benzene rings is 2. The van der Waals surface area contributed by atoms with E-state index in [0.717, 1.165) is 4.57 Å². The second kappa shape index (κ2) is 6.87. The topological polar surface area (TPSA) is 77.7 Å². The van der Waals surface area contributed by atoms with Crippen LogP contribution >= 0.6 is 0 Å². The number of alkyl halides is 3. The molecular formula is C18H13F3N4O3. The summed E-state index contributed by atoms with van der Waals surface area (Å²) in [6.07, 6.45) is -3.33. The van der Waals surface area contributed by atoms with E-state index in [1.165, 1.54) is 18.3 Å². The third kappa shape index (κ3) is 3.48. The molecule has 1 aromatic heterocycles. The Kier molecular flexibility index (Phi) is 4.38. The predicted octanol–water partition coefficient (Wildman–Crippen LogP) is 2.93. The van der Waals surface area contributed by atoms with Crippen LogP contribution in [0.4, 0.5) is 13.2 Å². The highest BCUT2D eigenvalue weighted by Gasteiger charge is 2.37. The van der Waals surface area contributed by atoms with Crippen molar-refractivity contribution in [3.8, 4) is 11.5 Å². The molecule has 0 radical (unpaired) electrons. The Morgan fingerprint density at radius 2 is 2.00 bits per heavy atom. The molecule has 3 aromatic rings. The molecule has 0 fully saturated rings. The van der Waals surface area contributed by atoms with Crippen molar-refractivity contribution < 1.29 is 27.4 Å². The number of aromatic nitrogens is 2. The van der Waals surface area contributed by atoms with E-state index in [9.17, 15) is 18.0 Å². The first-order valence-corrected chi connectivity index (χ1v) is 8.16. The Bertz CT molecular complexity index is 1080. The van der Waals surface area contributed by atoms with Gasteiger partial charge in [-0.05, 0) is 35.9 Å². The molecular weight excluding hydrogens is 377 g/mol. The molecule has 7 nitrogen and oxygen atoms in total. The number of amides is 1. The van der Waals surface area contributed by atoms with Crippen LogP contribution in [-0.2, 0) is 17.5 Å². The van der Waals surface area contributed by atoms with Crippen LogP contribution in [0.1, 0.15) is 11.4 Å². The summed E-state index contributed by atoms with van der Waals surface area (Å²) in [6.45, 7) is -0.444. The van der Waals surface area contributed by atoms with Crippen molar-refractivity contribution in [2.45, 2.75) is 12.7 Å². The van der Waals surface area contributed by atoms with Crippen LogP contribution in [0.25, 0.3) is 11.0 Å². The normalized spacial score (nSPS) is 13.4. The van der Waals surface area contributed by atoms with Crippen molar-refractivity contribution in [1.82, 2.24) is 15.0 Å². The number of rotatable bonds is 4. The van der Waals surface area contributed by atoms with Gasteiger partial charge in [0.15, 0.2) is 11.5 Å². The highest BCUT2D eigenvalue weighted by molar-refractivity contribution is 5.84. The SMILES string of the molecule is O=C(Cn1c(C(F)(F)F)nc2ccccc21)NN=Cc1ccc2c(c1)OCO2. The summed E-state index contributed by atoms with van der Waals surface area (Å²) in [4.78, 5) is 15.7. The van der Waals surface area contributed by atoms with Crippen LogP contribution in [-0.4, -0.2) is 28.5 Å². The van der Waals surface area contributed by atoms with E-state index in [4.69, 9.17) is 9.47 Å². The molecule has 2 aromatic carbocycles. The summed E-state index contributed by atoms with van der Waals surface area (Å²) < 4.78 is 51.0. The maximum atomic E-state index is 13.3. The summed E-state index contributed by atoms with van der Waals surface area (Å²) in [5, 5.41) is 3.78. The van der Waals surface area contributed by atoms with E-state index in [1.54, 1.807) is 30.3 Å². The Labute approximate surface area is 156 Å². The number of halogens is 3. The van der Waals surface area contributed by atoms with Gasteiger partial charge in [-0.3, -0.25) is 4.79 Å². The van der Waals surface area contributed by atoms with Gasteiger partial charge in [-0.1, -0.05) is 12.1 Å². The summed E-state index contributed by atoms with van der Waals surface area (Å²) in [7, 11) is 0. The first-order chi connectivity index (χ1) is 13.4. The summed E-state index contributed by atoms with van der Waals surface area (Å²) >= 11 is 0. The van der Waals surface area contributed by atoms with Crippen molar-refractivity contribution in [2.24, 2.45) is 5.10 Å². The molecule has 0 saturated heterocycles. The van der Waals surface area contributed by atoms with E-state index >= 15 is 0 Å². The standard InChI is InChI=1S/C18H13F3N4O3/c19-18(20,21)17-23-12-3-1-2-4-13(12)25(17)9-16(26)24-22-8-11-5-6-14-15(7-11)28-10-27-14/h1-8H,9-10H2,(H,24,26). The average Bonchev–Trinajstić information content (AvgIpc) is 3.26. The minimum Gasteiger partial charge on any atom is -0.454 e. The lowest BCUT2D eigenvalue weighted by molar-refractivity contribution is -0.147. The largest absolute Gasteiger partial charge is 0.454 e. The molecule has 144 valence electrons. The smallest absolute Gasteiger partial charge is 0.449 e. The number of ether oxygens (including phenoxy) is 2. The van der Waals surface area contributed by atoms with Crippen molar-refractivity contribution in [1.29, 1.82) is 0 Å². The summed E-state index contributed by atoms with van der Waals surface area (Å²) in [5.41, 5.74) is 3.23. The molecule has 2 heterocycles. The van der Waals surface area contributed by atoms with Gasteiger partial charge in [-0.2, -0.15) is 18.3 Å². The molecule has 0 aliphatic carbocycles. The quantitative estimate of drug-likeness (QED) is 0.549. The lowest BCUT2D eigenvalue weighted by Crippen LogP contribution is -2.26. The highest BCUT2D eigenvalue weighted by atomic mass is 19.4. The number of para-hydroxylation sites is 2. The lowest BCUT2D eigenvalue weighted by Gasteiger charge is -2.10. The number of hydrogen-bond acceptors (Lipinski definition) is 5. The number of fused-ring (bicyclic) bond motifs is 2. The molecule has 0 unspecified atom stereocenters. The average molecular weight is 390 g/mol. The Balaban J connectivity index is 1.49. The molecule has 10 heteroatoms. The minimum atomic E-state index is -4.69. The van der Waals surface area contributed by atoms with E-state index in [0.29, 0.717) is 17.1 Å². The van der Waals surface area contributed by atoms with Gasteiger partial charge in [0.05, 0.1) is 17.2 Å². The van der Waals surface area contributed by atoms with Gasteiger partial charge < -0.3 is 14.0 Å². The fraction of sp³-hybridized carbons (Fsp3) is 0.167. The first kappa shape index (κ1) is 17.8. The van der Waals surface area contributed by atoms with Gasteiger partial charge in [0.1, 0.15) is 6.54 Å². The molecule has 0 spiro atoms. The third-order valence-electron chi connectivity index (χ3n) is 4.01. The zero-order valence-electron chi connectivity index (χ0n) is 14.2. The van der Waals surface area contributed by atoms with Crippen LogP contribution in [0, 0.1) is 0 Å². The number of imidazole rings is 1. The van der Waals surface area contributed by atoms with E-state index in [1.807, 2.05) is 0 Å². The van der Waals surface area contributed by atoms with Crippen LogP contribution in [0.2, 0.25) is 0 Å². The lowest BCUT2D eigenvalue weighted by atomic mass is 10.2. The van der Waals surface area contributed by atoms with Crippen LogP contribution in [0.5, 0.6) is 11.5 Å². The first-order valence-electron chi connectivity index (χ1n) is 8.16. The minimum absolute atomic E-state index is 0.132. The second-order valence-corrected chi connectivity index (χ2v) is 5.91. The Morgan fingerprint density at radius 1 is 1.21 bits per heavy atom. The number of hydrazone groups is 1. The highest BCUT2D eigenvalue weighted by Crippen LogP contribution is 2.32. The number of carbonyl (C=O) groups excluding carboxylic acids is 1. The molecule has 0 bridgehead atoms. The predicted molar refractivity (Wildman–Crippen MR) is 93.0 cm³/mol. The van der Waals surface area contributed by atoms with Gasteiger partial charge in [0.25, 0.3) is 5.91 Å². The monoisotopic (exact) mass is 390 g/mol. The zero-order valence-corrected chi connectivity index (χ0v) is 14.2. The fourth-order valence-electron chi connectivity index (χ4n) is 2.80. The van der Waals surface area contributed by atoms with Gasteiger partial charge in [0, 0.05) is 0 Å². The van der Waals surface area contributed by atoms with Crippen molar-refractivity contribution in [2.75, 3.05) is 6.79 Å². The third-order valence-corrected chi connectivity index (χ3v) is 4.01. The molecule has 4 rings (SSSR count). The van der Waals surface area contributed by atoms with Crippen molar-refractivity contribution in [3.63, 3.8) is 0 Å². The van der Waals surface area contributed by atoms with Crippen molar-refractivity contribution >= 4 is 23.2 Å². The maximum absolute atomic E-state index is 13.3. The molecule has 1 N–H and O–H groups in total. The second-order valence-electron chi connectivity index (χ2n) is 5.91. The van der Waals surface area contributed by atoms with E-state index in [2.05, 4.69) is 15.5 Å². The molecule has 1 amide bonds. The van der Waals surface area contributed by atoms with Gasteiger partial charge in [0.2, 0.25) is 12.6 Å². The van der Waals surface area contributed by atoms with Gasteiger partial charge >= 0.3 is 6.18 Å². The summed E-state index contributed by atoms with van der Waals surface area (Å²) in [5.74, 6) is -0.697. The number of nitrogens with zero attached hydrogens (tertiary/aromatic N) is 3. The van der Waals surface area contributed by atoms with Crippen LogP contribution in [0.3, 0.4) is 0 Å². The number of carbonyl (C=O) groups is 1. The van der Waals surface area contributed by atoms with Crippen molar-refractivity contribution in [3.05, 3.63) is 53.9 Å². The number of hydrogen-bond donors (Lipinski definition) is 1. The molecule has 0 atom stereocenters. The maximum Gasteiger partial charge on any atom is 0.449 e. The molecule has 1 aliphatic heterocycles. The van der Waals surface area contributed by atoms with Gasteiger partial charge in [-0.25, -0.2) is 10.4 Å². The van der Waals surface area contributed by atoms with Crippen LogP contribution in [0.15, 0.2) is 47.6 Å². The van der Waals surface area contributed by atoms with E-state index < -0.39 is 24.5 Å². The van der Waals surface area contributed by atoms with Gasteiger partial charge in [-0.15, -0.1) is 0 Å². The summed E-state index contributed by atoms with van der Waals surface area (Å²) in [6, 6.07) is 11.2. The Hall–Kier alpha value is -3.56. The van der Waals surface area contributed by atoms with E-state index in [-0.39, 0.29) is 17.8 Å². The molecule has 28 heavy (non-hydrogen) atoms. The molecule has 1 aliphatic rings. The zero-order chi connectivity index (χ0) is 19.7.